The van der Waals surface area contributed by atoms with Crippen LogP contribution >= 0.6 is 0 Å². The van der Waals surface area contributed by atoms with Crippen molar-refractivity contribution in [3.8, 4) is 0 Å². The molecule has 2 N–H and O–H groups in total. The van der Waals surface area contributed by atoms with Crippen molar-refractivity contribution in [1.82, 2.24) is 0 Å². The van der Waals surface area contributed by atoms with Crippen molar-refractivity contribution in [3.63, 3.8) is 0 Å². The van der Waals surface area contributed by atoms with Crippen molar-refractivity contribution in [2.45, 2.75) is 38.9 Å². The summed E-state index contributed by atoms with van der Waals surface area (Å²) < 4.78 is 0. The molecule has 0 unspecified atom stereocenters. The van der Waals surface area contributed by atoms with Gasteiger partial charge in [-0.15, -0.1) is 0 Å². The van der Waals surface area contributed by atoms with Crippen LogP contribution in [0.5, 0.6) is 0 Å². The van der Waals surface area contributed by atoms with Gasteiger partial charge >= 0.3 is 0 Å². The summed E-state index contributed by atoms with van der Waals surface area (Å²) in [5.74, 6) is 0. The average Bonchev–Trinajstić information content (AvgIpc) is 2.28. The molecule has 0 aliphatic heterocycles. The first-order valence-corrected chi connectivity index (χ1v) is 5.69. The molecule has 0 amide bonds. The zero-order valence-electron chi connectivity index (χ0n) is 10.1. The van der Waals surface area contributed by atoms with Crippen LogP contribution in [0.4, 0.5) is 0 Å². The third-order valence-corrected chi connectivity index (χ3v) is 2.01. The molecule has 2 atom stereocenters. The van der Waals surface area contributed by atoms with Crippen molar-refractivity contribution in [1.29, 1.82) is 0 Å². The average molecular weight is 222 g/mol. The van der Waals surface area contributed by atoms with Gasteiger partial charge in [0.1, 0.15) is 0 Å². The van der Waals surface area contributed by atoms with E-state index in [1.54, 1.807) is 18.2 Å². The summed E-state index contributed by atoms with van der Waals surface area (Å²) in [5, 5.41) is 18.7. The van der Waals surface area contributed by atoms with Crippen molar-refractivity contribution in [2.24, 2.45) is 0 Å². The third kappa shape index (κ3) is 9.44. The van der Waals surface area contributed by atoms with Crippen LogP contribution in [0.15, 0.2) is 48.6 Å². The van der Waals surface area contributed by atoms with Crippen LogP contribution in [0.1, 0.15) is 26.7 Å². The Balaban J connectivity index is 3.78. The Morgan fingerprint density at radius 3 is 2.19 bits per heavy atom. The number of hydrogen-bond donors (Lipinski definition) is 2. The molecule has 0 rings (SSSR count). The molecular formula is C14H22O2. The van der Waals surface area contributed by atoms with Gasteiger partial charge in [0.05, 0.1) is 12.2 Å². The normalized spacial score (nSPS) is 17.0. The smallest absolute Gasteiger partial charge is 0.0758 e. The van der Waals surface area contributed by atoms with Crippen molar-refractivity contribution < 1.29 is 10.2 Å². The van der Waals surface area contributed by atoms with Crippen LogP contribution in [-0.4, -0.2) is 22.4 Å². The Hall–Kier alpha value is -1.12. The van der Waals surface area contributed by atoms with Gasteiger partial charge in [-0.05, 0) is 19.8 Å². The maximum Gasteiger partial charge on any atom is 0.0758 e. The third-order valence-electron chi connectivity index (χ3n) is 2.01. The molecule has 0 radical (unpaired) electrons. The van der Waals surface area contributed by atoms with Crippen LogP contribution in [0, 0.1) is 0 Å². The number of allylic oxidation sites excluding steroid dienone is 5. The van der Waals surface area contributed by atoms with Crippen molar-refractivity contribution in [2.75, 3.05) is 0 Å². The zero-order valence-corrected chi connectivity index (χ0v) is 10.1. The maximum atomic E-state index is 9.49. The highest BCUT2D eigenvalue weighted by Crippen LogP contribution is 1.97. The SMILES string of the molecule is C/C=C/C=C/[C@H](O)C/C=C\C=C\[C@H](O)CC. The van der Waals surface area contributed by atoms with Gasteiger partial charge in [-0.2, -0.15) is 0 Å². The molecule has 0 heterocycles. The predicted octanol–water partition coefficient (Wildman–Crippen LogP) is 2.75. The van der Waals surface area contributed by atoms with Gasteiger partial charge in [-0.25, -0.2) is 0 Å². The molecule has 16 heavy (non-hydrogen) atoms. The lowest BCUT2D eigenvalue weighted by Crippen LogP contribution is -1.99. The van der Waals surface area contributed by atoms with E-state index in [9.17, 15) is 10.2 Å². The Bertz CT molecular complexity index is 262. The number of aliphatic hydroxyl groups excluding tert-OH is 2. The van der Waals surface area contributed by atoms with E-state index >= 15 is 0 Å². The topological polar surface area (TPSA) is 40.5 Å². The molecule has 0 bridgehead atoms. The second-order valence-corrected chi connectivity index (χ2v) is 3.50. The van der Waals surface area contributed by atoms with E-state index in [-0.39, 0.29) is 6.10 Å². The summed E-state index contributed by atoms with van der Waals surface area (Å²) in [7, 11) is 0. The highest BCUT2D eigenvalue weighted by molar-refractivity contribution is 5.08. The van der Waals surface area contributed by atoms with E-state index in [2.05, 4.69) is 0 Å². The largest absolute Gasteiger partial charge is 0.389 e. The standard InChI is InChI=1S/C14H22O2/c1-3-5-7-11-14(16)12-9-6-8-10-13(15)4-2/h3,5-11,13-16H,4,12H2,1-2H3/b5-3+,9-6-,10-8+,11-7+/t13-,14+/m1/s1. The maximum absolute atomic E-state index is 9.49. The van der Waals surface area contributed by atoms with Crippen LogP contribution in [0.25, 0.3) is 0 Å². The van der Waals surface area contributed by atoms with E-state index in [1.807, 2.05) is 44.2 Å². The second kappa shape index (κ2) is 10.4. The molecule has 0 saturated carbocycles. The van der Waals surface area contributed by atoms with Crippen LogP contribution < -0.4 is 0 Å². The lowest BCUT2D eigenvalue weighted by atomic mass is 10.2. The lowest BCUT2D eigenvalue weighted by molar-refractivity contribution is 0.219. The summed E-state index contributed by atoms with van der Waals surface area (Å²) in [6.45, 7) is 3.86. The van der Waals surface area contributed by atoms with E-state index in [0.29, 0.717) is 6.42 Å². The summed E-state index contributed by atoms with van der Waals surface area (Å²) in [6, 6.07) is 0. The van der Waals surface area contributed by atoms with Gasteiger partial charge in [-0.1, -0.05) is 55.5 Å². The van der Waals surface area contributed by atoms with Gasteiger partial charge in [0.15, 0.2) is 0 Å². The molecule has 90 valence electrons. The Labute approximate surface area is 98.3 Å². The molecular weight excluding hydrogens is 200 g/mol. The summed E-state index contributed by atoms with van der Waals surface area (Å²) in [4.78, 5) is 0. The fourth-order valence-electron chi connectivity index (χ4n) is 1.01. The van der Waals surface area contributed by atoms with Gasteiger partial charge in [0.25, 0.3) is 0 Å². The molecule has 0 aromatic carbocycles. The summed E-state index contributed by atoms with van der Waals surface area (Å²) in [6.07, 6.45) is 15.1. The van der Waals surface area contributed by atoms with Crippen molar-refractivity contribution in [3.05, 3.63) is 48.6 Å². The van der Waals surface area contributed by atoms with E-state index in [4.69, 9.17) is 0 Å². The molecule has 0 aliphatic carbocycles. The molecule has 0 fully saturated rings. The molecule has 0 aromatic heterocycles. The van der Waals surface area contributed by atoms with E-state index < -0.39 is 6.10 Å². The van der Waals surface area contributed by atoms with Gasteiger partial charge < -0.3 is 10.2 Å². The first-order valence-electron chi connectivity index (χ1n) is 5.69. The molecule has 2 nitrogen and oxygen atoms in total. The minimum absolute atomic E-state index is 0.371. The van der Waals surface area contributed by atoms with Gasteiger partial charge in [0, 0.05) is 0 Å². The molecule has 0 aromatic rings. The minimum atomic E-state index is -0.447. The van der Waals surface area contributed by atoms with Gasteiger partial charge in [-0.3, -0.25) is 0 Å². The first kappa shape index (κ1) is 14.9. The number of rotatable bonds is 7. The van der Waals surface area contributed by atoms with Crippen molar-refractivity contribution >= 4 is 0 Å². The zero-order chi connectivity index (χ0) is 12.2. The van der Waals surface area contributed by atoms with Crippen LogP contribution in [-0.2, 0) is 0 Å². The summed E-state index contributed by atoms with van der Waals surface area (Å²) in [5.41, 5.74) is 0. The van der Waals surface area contributed by atoms with E-state index in [0.717, 1.165) is 6.42 Å². The summed E-state index contributed by atoms with van der Waals surface area (Å²) >= 11 is 0. The monoisotopic (exact) mass is 222 g/mol. The quantitative estimate of drug-likeness (QED) is 0.650. The second-order valence-electron chi connectivity index (χ2n) is 3.50. The van der Waals surface area contributed by atoms with E-state index in [1.165, 1.54) is 0 Å². The number of hydrogen-bond acceptors (Lipinski definition) is 2. The van der Waals surface area contributed by atoms with Crippen LogP contribution in [0.2, 0.25) is 0 Å². The Morgan fingerprint density at radius 2 is 1.56 bits per heavy atom. The fraction of sp³-hybridized carbons (Fsp3) is 0.429. The molecule has 2 heteroatoms. The number of aliphatic hydroxyl groups is 2. The highest BCUT2D eigenvalue weighted by Gasteiger charge is 1.93. The van der Waals surface area contributed by atoms with Crippen LogP contribution in [0.3, 0.4) is 0 Å². The Morgan fingerprint density at radius 1 is 0.938 bits per heavy atom. The highest BCUT2D eigenvalue weighted by atomic mass is 16.3. The van der Waals surface area contributed by atoms with Gasteiger partial charge in [0.2, 0.25) is 0 Å². The molecule has 0 saturated heterocycles. The minimum Gasteiger partial charge on any atom is -0.389 e. The molecule has 0 aliphatic rings. The fourth-order valence-corrected chi connectivity index (χ4v) is 1.01. The predicted molar refractivity (Wildman–Crippen MR) is 69.2 cm³/mol. The lowest BCUT2D eigenvalue weighted by Gasteiger charge is -1.99. The molecule has 0 spiro atoms. The first-order chi connectivity index (χ1) is 7.70. The Kier molecular flexibility index (Phi) is 9.67.